The summed E-state index contributed by atoms with van der Waals surface area (Å²) in [7, 11) is 0. The van der Waals surface area contributed by atoms with Gasteiger partial charge in [-0.15, -0.1) is 0 Å². The van der Waals surface area contributed by atoms with Gasteiger partial charge < -0.3 is 10.6 Å². The number of anilines is 2. The average Bonchev–Trinajstić information content (AvgIpc) is 3.32. The van der Waals surface area contributed by atoms with Gasteiger partial charge in [-0.1, -0.05) is 22.0 Å². The van der Waals surface area contributed by atoms with Gasteiger partial charge in [-0.3, -0.25) is 9.59 Å². The van der Waals surface area contributed by atoms with Crippen LogP contribution < -0.4 is 10.6 Å². The fourth-order valence-corrected chi connectivity index (χ4v) is 2.46. The van der Waals surface area contributed by atoms with E-state index in [0.717, 1.165) is 28.7 Å². The second-order valence-corrected chi connectivity index (χ2v) is 6.22. The van der Waals surface area contributed by atoms with Gasteiger partial charge in [-0.05, 0) is 55.3 Å². The van der Waals surface area contributed by atoms with Crippen molar-refractivity contribution in [2.45, 2.75) is 12.8 Å². The average molecular weight is 359 g/mol. The summed E-state index contributed by atoms with van der Waals surface area (Å²) in [5.41, 5.74) is 1.99. The number of halogens is 1. The van der Waals surface area contributed by atoms with Gasteiger partial charge in [-0.2, -0.15) is 0 Å². The zero-order valence-electron chi connectivity index (χ0n) is 11.8. The first-order valence-electron chi connectivity index (χ1n) is 7.10. The number of nitrogens with one attached hydrogen (secondary N) is 2. The monoisotopic (exact) mass is 358 g/mol. The first kappa shape index (κ1) is 14.8. The van der Waals surface area contributed by atoms with Crippen molar-refractivity contribution in [3.05, 3.63) is 58.6 Å². The van der Waals surface area contributed by atoms with Crippen LogP contribution in [0.15, 0.2) is 53.0 Å². The van der Waals surface area contributed by atoms with Crippen molar-refractivity contribution in [1.29, 1.82) is 0 Å². The minimum absolute atomic E-state index is 0.0614. The molecule has 0 aromatic heterocycles. The number of rotatable bonds is 4. The number of carbonyl (C=O) groups is 2. The van der Waals surface area contributed by atoms with Crippen molar-refractivity contribution < 1.29 is 9.59 Å². The summed E-state index contributed by atoms with van der Waals surface area (Å²) in [6.45, 7) is 0. The molecule has 0 atom stereocenters. The smallest absolute Gasteiger partial charge is 0.255 e. The topological polar surface area (TPSA) is 58.2 Å². The van der Waals surface area contributed by atoms with Crippen LogP contribution in [0.5, 0.6) is 0 Å². The molecule has 2 amide bonds. The molecule has 0 radical (unpaired) electrons. The second-order valence-electron chi connectivity index (χ2n) is 5.31. The van der Waals surface area contributed by atoms with Crippen LogP contribution in [0.25, 0.3) is 0 Å². The molecule has 0 saturated heterocycles. The fraction of sp³-hybridized carbons (Fsp3) is 0.176. The third kappa shape index (κ3) is 3.74. The lowest BCUT2D eigenvalue weighted by molar-refractivity contribution is -0.117. The molecule has 0 unspecified atom stereocenters. The molecule has 1 saturated carbocycles. The highest BCUT2D eigenvalue weighted by Gasteiger charge is 2.29. The minimum Gasteiger partial charge on any atom is -0.326 e. The van der Waals surface area contributed by atoms with Crippen molar-refractivity contribution in [2.75, 3.05) is 10.6 Å². The molecule has 1 aliphatic rings. The van der Waals surface area contributed by atoms with Gasteiger partial charge in [0.1, 0.15) is 0 Å². The maximum Gasteiger partial charge on any atom is 0.255 e. The summed E-state index contributed by atoms with van der Waals surface area (Å²) in [6, 6.07) is 14.3. The van der Waals surface area contributed by atoms with E-state index in [4.69, 9.17) is 0 Å². The van der Waals surface area contributed by atoms with Gasteiger partial charge in [0.2, 0.25) is 5.91 Å². The summed E-state index contributed by atoms with van der Waals surface area (Å²) in [5.74, 6) is 0.0454. The zero-order chi connectivity index (χ0) is 15.5. The Kier molecular flexibility index (Phi) is 4.24. The lowest BCUT2D eigenvalue weighted by atomic mass is 10.2. The highest BCUT2D eigenvalue weighted by atomic mass is 79.9. The Morgan fingerprint density at radius 2 is 1.68 bits per heavy atom. The summed E-state index contributed by atoms with van der Waals surface area (Å²) >= 11 is 3.37. The van der Waals surface area contributed by atoms with E-state index < -0.39 is 0 Å². The van der Waals surface area contributed by atoms with Gasteiger partial charge in [0.25, 0.3) is 5.91 Å². The third-order valence-corrected chi connectivity index (χ3v) is 3.94. The molecule has 5 heteroatoms. The van der Waals surface area contributed by atoms with E-state index in [1.165, 1.54) is 0 Å². The number of hydrogen-bond donors (Lipinski definition) is 2. The molecule has 3 rings (SSSR count). The highest BCUT2D eigenvalue weighted by molar-refractivity contribution is 9.10. The molecule has 2 aromatic carbocycles. The number of hydrogen-bond acceptors (Lipinski definition) is 2. The van der Waals surface area contributed by atoms with Crippen LogP contribution in [0, 0.1) is 5.92 Å². The molecular weight excluding hydrogens is 344 g/mol. The molecule has 0 bridgehead atoms. The Morgan fingerprint density at radius 3 is 2.32 bits per heavy atom. The van der Waals surface area contributed by atoms with Crippen LogP contribution >= 0.6 is 15.9 Å². The standard InChI is InChI=1S/C17H15BrN2O2/c18-13-2-1-3-15(10-13)20-17(22)12-6-8-14(9-7-12)19-16(21)11-4-5-11/h1-3,6-11H,4-5H2,(H,19,21)(H,20,22). The molecule has 4 nitrogen and oxygen atoms in total. The van der Waals surface area contributed by atoms with Crippen LogP contribution in [-0.4, -0.2) is 11.8 Å². The van der Waals surface area contributed by atoms with E-state index in [1.54, 1.807) is 24.3 Å². The lowest BCUT2D eigenvalue weighted by Crippen LogP contribution is -2.14. The predicted molar refractivity (Wildman–Crippen MR) is 89.9 cm³/mol. The molecule has 0 aliphatic heterocycles. The van der Waals surface area contributed by atoms with Gasteiger partial charge >= 0.3 is 0 Å². The molecular formula is C17H15BrN2O2. The van der Waals surface area contributed by atoms with Gasteiger partial charge in [-0.25, -0.2) is 0 Å². The second kappa shape index (κ2) is 6.32. The molecule has 2 N–H and O–H groups in total. The van der Waals surface area contributed by atoms with Crippen molar-refractivity contribution in [3.63, 3.8) is 0 Å². The van der Waals surface area contributed by atoms with E-state index >= 15 is 0 Å². The van der Waals surface area contributed by atoms with Crippen LogP contribution in [0.3, 0.4) is 0 Å². The highest BCUT2D eigenvalue weighted by Crippen LogP contribution is 2.30. The van der Waals surface area contributed by atoms with E-state index in [0.29, 0.717) is 5.56 Å². The molecule has 1 fully saturated rings. The number of amides is 2. The normalized spacial score (nSPS) is 13.5. The summed E-state index contributed by atoms with van der Waals surface area (Å²) in [4.78, 5) is 23.8. The van der Waals surface area contributed by atoms with Crippen LogP contribution in [0.4, 0.5) is 11.4 Å². The Labute approximate surface area is 137 Å². The fourth-order valence-electron chi connectivity index (χ4n) is 2.06. The van der Waals surface area contributed by atoms with Crippen LogP contribution in [-0.2, 0) is 4.79 Å². The SMILES string of the molecule is O=C(Nc1cccc(Br)c1)c1ccc(NC(=O)C2CC2)cc1. The Bertz CT molecular complexity index is 709. The van der Waals surface area contributed by atoms with Crippen molar-refractivity contribution in [3.8, 4) is 0 Å². The van der Waals surface area contributed by atoms with E-state index in [2.05, 4.69) is 26.6 Å². The Hall–Kier alpha value is -2.14. The van der Waals surface area contributed by atoms with Crippen LogP contribution in [0.1, 0.15) is 23.2 Å². The van der Waals surface area contributed by atoms with Gasteiger partial charge in [0, 0.05) is 27.3 Å². The van der Waals surface area contributed by atoms with Crippen molar-refractivity contribution in [1.82, 2.24) is 0 Å². The zero-order valence-corrected chi connectivity index (χ0v) is 13.4. The van der Waals surface area contributed by atoms with Gasteiger partial charge in [0.05, 0.1) is 0 Å². The number of carbonyl (C=O) groups excluding carboxylic acids is 2. The van der Waals surface area contributed by atoms with E-state index in [9.17, 15) is 9.59 Å². The molecule has 112 valence electrons. The summed E-state index contributed by atoms with van der Waals surface area (Å²) in [6.07, 6.45) is 1.94. The third-order valence-electron chi connectivity index (χ3n) is 3.45. The first-order chi connectivity index (χ1) is 10.6. The molecule has 0 spiro atoms. The van der Waals surface area contributed by atoms with Crippen LogP contribution in [0.2, 0.25) is 0 Å². The molecule has 0 heterocycles. The Balaban J connectivity index is 1.64. The first-order valence-corrected chi connectivity index (χ1v) is 7.89. The molecule has 1 aliphatic carbocycles. The number of benzene rings is 2. The maximum absolute atomic E-state index is 12.2. The lowest BCUT2D eigenvalue weighted by Gasteiger charge is -2.07. The molecule has 22 heavy (non-hydrogen) atoms. The van der Waals surface area contributed by atoms with Crippen molar-refractivity contribution in [2.24, 2.45) is 5.92 Å². The molecule has 2 aromatic rings. The summed E-state index contributed by atoms with van der Waals surface area (Å²) in [5, 5.41) is 5.68. The Morgan fingerprint density at radius 1 is 0.955 bits per heavy atom. The maximum atomic E-state index is 12.2. The minimum atomic E-state index is -0.182. The quantitative estimate of drug-likeness (QED) is 0.865. The summed E-state index contributed by atoms with van der Waals surface area (Å²) < 4.78 is 0.906. The van der Waals surface area contributed by atoms with E-state index in [-0.39, 0.29) is 17.7 Å². The largest absolute Gasteiger partial charge is 0.326 e. The van der Waals surface area contributed by atoms with E-state index in [1.807, 2.05) is 24.3 Å². The van der Waals surface area contributed by atoms with Crippen molar-refractivity contribution >= 4 is 39.1 Å². The predicted octanol–water partition coefficient (Wildman–Crippen LogP) is 4.05. The van der Waals surface area contributed by atoms with Gasteiger partial charge in [0.15, 0.2) is 0 Å².